The minimum atomic E-state index is -0.858. The van der Waals surface area contributed by atoms with Crippen LogP contribution in [0.3, 0.4) is 0 Å². The molecule has 5 rings (SSSR count). The molecule has 0 saturated carbocycles. The third-order valence-electron chi connectivity index (χ3n) is 6.31. The highest BCUT2D eigenvalue weighted by Gasteiger charge is 2.20. The number of nitrogens with zero attached hydrogens (tertiary/aromatic N) is 2. The average Bonchev–Trinajstić information content (AvgIpc) is 3.32. The first-order chi connectivity index (χ1) is 17.5. The summed E-state index contributed by atoms with van der Waals surface area (Å²) in [5.41, 5.74) is 4.33. The number of hydrogen-bond acceptors (Lipinski definition) is 4. The third kappa shape index (κ3) is 5.47. The van der Waals surface area contributed by atoms with Crippen LogP contribution in [0.15, 0.2) is 89.4 Å². The zero-order valence-electron chi connectivity index (χ0n) is 19.8. The van der Waals surface area contributed by atoms with Gasteiger partial charge in [0, 0.05) is 49.7 Å². The van der Waals surface area contributed by atoms with Gasteiger partial charge in [0.15, 0.2) is 0 Å². The van der Waals surface area contributed by atoms with Crippen LogP contribution < -0.4 is 5.32 Å². The first kappa shape index (κ1) is 23.4. The van der Waals surface area contributed by atoms with Gasteiger partial charge in [-0.3, -0.25) is 9.69 Å². The lowest BCUT2D eigenvalue weighted by Crippen LogP contribution is -2.47. The van der Waals surface area contributed by atoms with Crippen molar-refractivity contribution in [3.8, 4) is 11.3 Å². The van der Waals surface area contributed by atoms with Crippen molar-refractivity contribution < 1.29 is 19.1 Å². The summed E-state index contributed by atoms with van der Waals surface area (Å²) in [4.78, 5) is 27.4. The smallest absolute Gasteiger partial charge is 0.407 e. The molecular formula is C29H27N3O4. The number of amides is 2. The van der Waals surface area contributed by atoms with Gasteiger partial charge in [-0.2, -0.15) is 0 Å². The number of anilines is 1. The standard InChI is InChI=1S/C29H27N3O4/c33-28(13-11-21-6-2-1-3-7-21)30-25-9-5-4-8-24(25)27-19-23-12-10-22(18-26(23)36-27)20-31-14-16-32(17-15-31)29(34)35/h1-13,18-19H,14-17,20H2,(H,30,33)(H,34,35)/b13-11+. The lowest BCUT2D eigenvalue weighted by molar-refractivity contribution is -0.111. The van der Waals surface area contributed by atoms with Crippen molar-refractivity contribution in [3.63, 3.8) is 0 Å². The molecule has 0 unspecified atom stereocenters. The molecule has 7 heteroatoms. The normalized spacial score (nSPS) is 14.4. The highest BCUT2D eigenvalue weighted by Crippen LogP contribution is 2.33. The van der Waals surface area contributed by atoms with Crippen LogP contribution in [-0.2, 0) is 11.3 Å². The zero-order chi connectivity index (χ0) is 24.9. The van der Waals surface area contributed by atoms with Crippen molar-refractivity contribution in [2.24, 2.45) is 0 Å². The minimum absolute atomic E-state index is 0.215. The van der Waals surface area contributed by atoms with Crippen molar-refractivity contribution in [2.75, 3.05) is 31.5 Å². The quantitative estimate of drug-likeness (QED) is 0.353. The molecule has 0 spiro atoms. The molecule has 0 atom stereocenters. The zero-order valence-corrected chi connectivity index (χ0v) is 19.8. The predicted molar refractivity (Wildman–Crippen MR) is 141 cm³/mol. The molecule has 2 heterocycles. The Kier molecular flexibility index (Phi) is 6.82. The Hall–Kier alpha value is -4.36. The summed E-state index contributed by atoms with van der Waals surface area (Å²) in [5, 5.41) is 13.1. The highest BCUT2D eigenvalue weighted by atomic mass is 16.4. The van der Waals surface area contributed by atoms with Gasteiger partial charge in [-0.25, -0.2) is 4.79 Å². The molecular weight excluding hydrogens is 454 g/mol. The van der Waals surface area contributed by atoms with E-state index in [-0.39, 0.29) is 5.91 Å². The maximum atomic E-state index is 12.6. The van der Waals surface area contributed by atoms with Crippen molar-refractivity contribution in [2.45, 2.75) is 6.54 Å². The van der Waals surface area contributed by atoms with E-state index in [1.165, 1.54) is 11.0 Å². The van der Waals surface area contributed by atoms with Crippen LogP contribution in [0.4, 0.5) is 10.5 Å². The number of carbonyl (C=O) groups excluding carboxylic acids is 1. The van der Waals surface area contributed by atoms with Gasteiger partial charge in [0.05, 0.1) is 5.69 Å². The maximum Gasteiger partial charge on any atom is 0.407 e. The molecule has 2 amide bonds. The number of hydrogen-bond donors (Lipinski definition) is 2. The van der Waals surface area contributed by atoms with E-state index in [9.17, 15) is 9.59 Å². The molecule has 0 bridgehead atoms. The van der Waals surface area contributed by atoms with Gasteiger partial charge in [-0.05, 0) is 41.5 Å². The molecule has 1 aliphatic heterocycles. The van der Waals surface area contributed by atoms with Gasteiger partial charge in [0.1, 0.15) is 11.3 Å². The highest BCUT2D eigenvalue weighted by molar-refractivity contribution is 6.04. The fraction of sp³-hybridized carbons (Fsp3) is 0.172. The number of rotatable bonds is 6. The van der Waals surface area contributed by atoms with Crippen LogP contribution in [0.5, 0.6) is 0 Å². The molecule has 3 aromatic carbocycles. The second kappa shape index (κ2) is 10.5. The minimum Gasteiger partial charge on any atom is -0.465 e. The van der Waals surface area contributed by atoms with E-state index in [0.717, 1.165) is 34.2 Å². The molecule has 2 N–H and O–H groups in total. The van der Waals surface area contributed by atoms with Crippen LogP contribution >= 0.6 is 0 Å². The fourth-order valence-electron chi connectivity index (χ4n) is 4.38. The average molecular weight is 482 g/mol. The summed E-state index contributed by atoms with van der Waals surface area (Å²) in [7, 11) is 0. The van der Waals surface area contributed by atoms with Crippen LogP contribution in [0.25, 0.3) is 28.4 Å². The number of benzene rings is 3. The van der Waals surface area contributed by atoms with Gasteiger partial charge in [0.2, 0.25) is 5.91 Å². The third-order valence-corrected chi connectivity index (χ3v) is 6.31. The Morgan fingerprint density at radius 1 is 0.917 bits per heavy atom. The van der Waals surface area contributed by atoms with Crippen molar-refractivity contribution >= 4 is 34.7 Å². The molecule has 36 heavy (non-hydrogen) atoms. The van der Waals surface area contributed by atoms with E-state index in [1.807, 2.05) is 72.8 Å². The van der Waals surface area contributed by atoms with Crippen molar-refractivity contribution in [1.82, 2.24) is 9.80 Å². The molecule has 182 valence electrons. The summed E-state index contributed by atoms with van der Waals surface area (Å²) in [6, 6.07) is 25.4. The number of fused-ring (bicyclic) bond motifs is 1. The second-order valence-electron chi connectivity index (χ2n) is 8.81. The summed E-state index contributed by atoms with van der Waals surface area (Å²) in [6.07, 6.45) is 2.44. The lowest BCUT2D eigenvalue weighted by Gasteiger charge is -2.33. The topological polar surface area (TPSA) is 86.0 Å². The molecule has 4 aromatic rings. The molecule has 1 saturated heterocycles. The van der Waals surface area contributed by atoms with Crippen molar-refractivity contribution in [1.29, 1.82) is 0 Å². The fourth-order valence-corrected chi connectivity index (χ4v) is 4.38. The Labute approximate surface area is 209 Å². The van der Waals surface area contributed by atoms with Gasteiger partial charge in [-0.1, -0.05) is 54.6 Å². The first-order valence-electron chi connectivity index (χ1n) is 11.9. The molecule has 1 aliphatic rings. The van der Waals surface area contributed by atoms with Gasteiger partial charge >= 0.3 is 6.09 Å². The largest absolute Gasteiger partial charge is 0.465 e. The van der Waals surface area contributed by atoms with Crippen LogP contribution in [0.2, 0.25) is 0 Å². The summed E-state index contributed by atoms with van der Waals surface area (Å²) >= 11 is 0. The van der Waals surface area contributed by atoms with Crippen LogP contribution in [0.1, 0.15) is 11.1 Å². The predicted octanol–water partition coefficient (Wildman–Crippen LogP) is 5.55. The SMILES string of the molecule is O=C(/C=C/c1ccccc1)Nc1ccccc1-c1cc2ccc(CN3CCN(C(=O)O)CC3)cc2o1. The number of furan rings is 1. The molecule has 1 fully saturated rings. The van der Waals surface area contributed by atoms with Crippen LogP contribution in [-0.4, -0.2) is 53.1 Å². The number of para-hydroxylation sites is 1. The number of carboxylic acid groups (broad SMARTS) is 1. The molecule has 0 radical (unpaired) electrons. The van der Waals surface area contributed by atoms with Gasteiger partial charge in [0.25, 0.3) is 0 Å². The number of carbonyl (C=O) groups is 2. The monoisotopic (exact) mass is 481 g/mol. The Morgan fingerprint density at radius 2 is 1.67 bits per heavy atom. The van der Waals surface area contributed by atoms with E-state index in [1.54, 1.807) is 6.08 Å². The summed E-state index contributed by atoms with van der Waals surface area (Å²) < 4.78 is 6.21. The lowest BCUT2D eigenvalue weighted by atomic mass is 10.1. The maximum absolute atomic E-state index is 12.6. The van der Waals surface area contributed by atoms with Crippen LogP contribution in [0, 0.1) is 0 Å². The van der Waals surface area contributed by atoms with Gasteiger partial charge in [-0.15, -0.1) is 0 Å². The molecule has 0 aliphatic carbocycles. The molecule has 1 aromatic heterocycles. The number of nitrogens with one attached hydrogen (secondary N) is 1. The van der Waals surface area contributed by atoms with E-state index in [0.29, 0.717) is 37.6 Å². The van der Waals surface area contributed by atoms with E-state index in [4.69, 9.17) is 9.52 Å². The van der Waals surface area contributed by atoms with E-state index in [2.05, 4.69) is 16.3 Å². The Morgan fingerprint density at radius 3 is 2.44 bits per heavy atom. The Bertz CT molecular complexity index is 1400. The summed E-state index contributed by atoms with van der Waals surface area (Å²) in [6.45, 7) is 3.19. The van der Waals surface area contributed by atoms with E-state index >= 15 is 0 Å². The van der Waals surface area contributed by atoms with Crippen molar-refractivity contribution in [3.05, 3.63) is 96.1 Å². The second-order valence-corrected chi connectivity index (χ2v) is 8.81. The Balaban J connectivity index is 1.30. The van der Waals surface area contributed by atoms with E-state index < -0.39 is 6.09 Å². The first-order valence-corrected chi connectivity index (χ1v) is 11.9. The van der Waals surface area contributed by atoms with Gasteiger partial charge < -0.3 is 19.7 Å². The molecule has 7 nitrogen and oxygen atoms in total. The number of piperazine rings is 1. The summed E-state index contributed by atoms with van der Waals surface area (Å²) in [5.74, 6) is 0.466.